The maximum atomic E-state index is 12.0. The fourth-order valence-corrected chi connectivity index (χ4v) is 3.82. The molecule has 5 nitrogen and oxygen atoms in total. The quantitative estimate of drug-likeness (QED) is 0.482. The van der Waals surface area contributed by atoms with Crippen LogP contribution in [-0.4, -0.2) is 42.7 Å². The number of hydrogen-bond acceptors (Lipinski definition) is 5. The van der Waals surface area contributed by atoms with Gasteiger partial charge in [0.05, 0.1) is 19.1 Å². The van der Waals surface area contributed by atoms with E-state index in [1.165, 1.54) is 5.56 Å². The van der Waals surface area contributed by atoms with Crippen molar-refractivity contribution < 1.29 is 19.0 Å². The standard InChI is InChI=1S/C26H34ClNO4/c1-5-19-6-11-23(27)21(16-19)18-31-22-9-7-20(8-10-22)24-17-28(14-15-30-24)13-12-25(29)32-26(2,3)4/h6-11,16,24H,5,12-15,17-18H2,1-4H3. The van der Waals surface area contributed by atoms with E-state index >= 15 is 0 Å². The lowest BCUT2D eigenvalue weighted by atomic mass is 10.1. The molecule has 0 spiro atoms. The molecule has 0 saturated carbocycles. The van der Waals surface area contributed by atoms with Gasteiger partial charge in [0.15, 0.2) is 0 Å². The summed E-state index contributed by atoms with van der Waals surface area (Å²) in [6.07, 6.45) is 1.33. The first kappa shape index (κ1) is 24.6. The Labute approximate surface area is 196 Å². The van der Waals surface area contributed by atoms with E-state index in [0.717, 1.165) is 41.4 Å². The highest BCUT2D eigenvalue weighted by Crippen LogP contribution is 2.26. The Morgan fingerprint density at radius 1 is 1.19 bits per heavy atom. The Bertz CT molecular complexity index is 892. The lowest BCUT2D eigenvalue weighted by molar-refractivity contribution is -0.155. The Kier molecular flexibility index (Phi) is 8.57. The lowest BCUT2D eigenvalue weighted by Crippen LogP contribution is -2.39. The van der Waals surface area contributed by atoms with Crippen molar-refractivity contribution in [3.8, 4) is 5.75 Å². The Balaban J connectivity index is 1.51. The third-order valence-corrected chi connectivity index (χ3v) is 5.74. The van der Waals surface area contributed by atoms with Gasteiger partial charge in [0.2, 0.25) is 0 Å². The highest BCUT2D eigenvalue weighted by atomic mass is 35.5. The molecule has 174 valence electrons. The summed E-state index contributed by atoms with van der Waals surface area (Å²) in [7, 11) is 0. The number of morpholine rings is 1. The van der Waals surface area contributed by atoms with E-state index in [0.29, 0.717) is 26.2 Å². The van der Waals surface area contributed by atoms with E-state index in [2.05, 4.69) is 17.9 Å². The first-order valence-corrected chi connectivity index (χ1v) is 11.7. The average Bonchev–Trinajstić information content (AvgIpc) is 2.76. The summed E-state index contributed by atoms with van der Waals surface area (Å²) in [5.74, 6) is 0.635. The number of esters is 1. The van der Waals surface area contributed by atoms with Crippen molar-refractivity contribution in [2.45, 2.75) is 58.8 Å². The number of carbonyl (C=O) groups excluding carboxylic acids is 1. The van der Waals surface area contributed by atoms with Crippen LogP contribution in [0.3, 0.4) is 0 Å². The van der Waals surface area contributed by atoms with Crippen molar-refractivity contribution in [3.63, 3.8) is 0 Å². The van der Waals surface area contributed by atoms with Crippen LogP contribution >= 0.6 is 11.6 Å². The zero-order valence-electron chi connectivity index (χ0n) is 19.5. The van der Waals surface area contributed by atoms with E-state index in [-0.39, 0.29) is 12.1 Å². The molecule has 2 aromatic carbocycles. The number of aryl methyl sites for hydroxylation is 1. The molecule has 1 unspecified atom stereocenters. The SMILES string of the molecule is CCc1ccc(Cl)c(COc2ccc(C3CN(CCC(=O)OC(C)(C)C)CCO3)cc2)c1. The normalized spacial score (nSPS) is 17.2. The average molecular weight is 460 g/mol. The lowest BCUT2D eigenvalue weighted by Gasteiger charge is -2.33. The summed E-state index contributed by atoms with van der Waals surface area (Å²) in [5, 5.41) is 0.723. The van der Waals surface area contributed by atoms with Gasteiger partial charge in [0.1, 0.15) is 18.0 Å². The summed E-state index contributed by atoms with van der Waals surface area (Å²) >= 11 is 6.31. The molecule has 1 aliphatic heterocycles. The van der Waals surface area contributed by atoms with Crippen LogP contribution in [0.2, 0.25) is 5.02 Å². The van der Waals surface area contributed by atoms with E-state index < -0.39 is 5.60 Å². The summed E-state index contributed by atoms with van der Waals surface area (Å²) in [6, 6.07) is 14.1. The molecule has 0 aromatic heterocycles. The molecule has 1 fully saturated rings. The third-order valence-electron chi connectivity index (χ3n) is 5.37. The van der Waals surface area contributed by atoms with Gasteiger partial charge < -0.3 is 14.2 Å². The molecule has 0 N–H and O–H groups in total. The molecule has 0 radical (unpaired) electrons. The van der Waals surface area contributed by atoms with Gasteiger partial charge in [0, 0.05) is 30.2 Å². The molecular formula is C26H34ClNO4. The summed E-state index contributed by atoms with van der Waals surface area (Å²) < 4.78 is 17.3. The molecular weight excluding hydrogens is 426 g/mol. The van der Waals surface area contributed by atoms with Crippen LogP contribution in [0.25, 0.3) is 0 Å². The van der Waals surface area contributed by atoms with Crippen LogP contribution in [0.15, 0.2) is 42.5 Å². The molecule has 0 amide bonds. The Morgan fingerprint density at radius 3 is 2.62 bits per heavy atom. The van der Waals surface area contributed by atoms with Crippen LogP contribution in [-0.2, 0) is 27.3 Å². The van der Waals surface area contributed by atoms with Gasteiger partial charge >= 0.3 is 5.97 Å². The second-order valence-corrected chi connectivity index (χ2v) is 9.54. The topological polar surface area (TPSA) is 48.0 Å². The number of hydrogen-bond donors (Lipinski definition) is 0. The van der Waals surface area contributed by atoms with Gasteiger partial charge in [-0.15, -0.1) is 0 Å². The molecule has 1 aliphatic rings. The van der Waals surface area contributed by atoms with E-state index in [4.69, 9.17) is 25.8 Å². The summed E-state index contributed by atoms with van der Waals surface area (Å²) in [6.45, 7) is 11.1. The molecule has 1 heterocycles. The van der Waals surface area contributed by atoms with Crippen molar-refractivity contribution in [2.75, 3.05) is 26.2 Å². The summed E-state index contributed by atoms with van der Waals surface area (Å²) in [5.41, 5.74) is 2.89. The van der Waals surface area contributed by atoms with Crippen molar-refractivity contribution in [1.29, 1.82) is 0 Å². The van der Waals surface area contributed by atoms with Gasteiger partial charge in [0.25, 0.3) is 0 Å². The molecule has 3 rings (SSSR count). The van der Waals surface area contributed by atoms with Gasteiger partial charge in [-0.1, -0.05) is 42.8 Å². The molecule has 1 atom stereocenters. The van der Waals surface area contributed by atoms with Crippen LogP contribution < -0.4 is 4.74 Å². The highest BCUT2D eigenvalue weighted by Gasteiger charge is 2.23. The summed E-state index contributed by atoms with van der Waals surface area (Å²) in [4.78, 5) is 14.3. The number of nitrogens with zero attached hydrogens (tertiary/aromatic N) is 1. The van der Waals surface area contributed by atoms with Gasteiger partial charge in [-0.25, -0.2) is 0 Å². The predicted molar refractivity (Wildman–Crippen MR) is 127 cm³/mol. The molecule has 0 bridgehead atoms. The number of carbonyl (C=O) groups is 1. The second-order valence-electron chi connectivity index (χ2n) is 9.13. The Morgan fingerprint density at radius 2 is 1.94 bits per heavy atom. The zero-order chi connectivity index (χ0) is 23.1. The van der Waals surface area contributed by atoms with Crippen LogP contribution in [0.5, 0.6) is 5.75 Å². The predicted octanol–water partition coefficient (Wildman–Crippen LogP) is 5.59. The highest BCUT2D eigenvalue weighted by molar-refractivity contribution is 6.31. The number of ether oxygens (including phenoxy) is 3. The van der Waals surface area contributed by atoms with Crippen molar-refractivity contribution in [3.05, 3.63) is 64.2 Å². The van der Waals surface area contributed by atoms with Crippen molar-refractivity contribution >= 4 is 17.6 Å². The van der Waals surface area contributed by atoms with Gasteiger partial charge in [-0.2, -0.15) is 0 Å². The van der Waals surface area contributed by atoms with E-state index in [9.17, 15) is 4.79 Å². The second kappa shape index (κ2) is 11.2. The number of benzene rings is 2. The number of rotatable bonds is 8. The number of halogens is 1. The smallest absolute Gasteiger partial charge is 0.307 e. The molecule has 6 heteroatoms. The van der Waals surface area contributed by atoms with Gasteiger partial charge in [-0.3, -0.25) is 9.69 Å². The zero-order valence-corrected chi connectivity index (χ0v) is 20.3. The van der Waals surface area contributed by atoms with E-state index in [1.807, 2.05) is 57.2 Å². The molecule has 0 aliphatic carbocycles. The molecule has 32 heavy (non-hydrogen) atoms. The fraction of sp³-hybridized carbons (Fsp3) is 0.500. The minimum absolute atomic E-state index is 0.0212. The van der Waals surface area contributed by atoms with Crippen LogP contribution in [0.4, 0.5) is 0 Å². The van der Waals surface area contributed by atoms with Crippen LogP contribution in [0, 0.1) is 0 Å². The first-order chi connectivity index (χ1) is 15.2. The third kappa shape index (κ3) is 7.51. The largest absolute Gasteiger partial charge is 0.489 e. The maximum Gasteiger partial charge on any atom is 0.307 e. The Hall–Kier alpha value is -2.08. The van der Waals surface area contributed by atoms with E-state index in [1.54, 1.807) is 0 Å². The van der Waals surface area contributed by atoms with Crippen molar-refractivity contribution in [1.82, 2.24) is 4.90 Å². The fourth-order valence-electron chi connectivity index (χ4n) is 3.65. The van der Waals surface area contributed by atoms with Crippen molar-refractivity contribution in [2.24, 2.45) is 0 Å². The van der Waals surface area contributed by atoms with Gasteiger partial charge in [-0.05, 0) is 56.5 Å². The monoisotopic (exact) mass is 459 g/mol. The molecule has 1 saturated heterocycles. The maximum absolute atomic E-state index is 12.0. The van der Waals surface area contributed by atoms with Crippen LogP contribution in [0.1, 0.15) is 56.9 Å². The minimum Gasteiger partial charge on any atom is -0.489 e. The minimum atomic E-state index is -0.446. The molecule has 2 aromatic rings. The first-order valence-electron chi connectivity index (χ1n) is 11.3.